The minimum absolute atomic E-state index is 0.0354. The van der Waals surface area contributed by atoms with Crippen molar-refractivity contribution in [3.63, 3.8) is 0 Å². The van der Waals surface area contributed by atoms with Gasteiger partial charge in [0.05, 0.1) is 30.1 Å². The Hall–Kier alpha value is -3.21. The molecule has 3 aromatic heterocycles. The number of nitrogens with one attached hydrogen (secondary N) is 1. The molecule has 164 valence electrons. The predicted octanol–water partition coefficient (Wildman–Crippen LogP) is 2.64. The standard InChI is InChI=1S/C20H20F3N5O3/c1-12-6-13(7-25-19(12)31-11-20(21,22)23)8-28-9-15-16(27-28)2-4-24-17(15)18(29)26-14-3-5-30-10-14/h2,4,6-7,9,14H,3,5,8,10-11H2,1H3,(H,26,29)/t14-/m0/s1. The number of hydrogen-bond acceptors (Lipinski definition) is 6. The number of carbonyl (C=O) groups is 1. The van der Waals surface area contributed by atoms with Crippen LogP contribution in [0.2, 0.25) is 0 Å². The number of aromatic nitrogens is 4. The second-order valence-electron chi connectivity index (χ2n) is 7.32. The normalized spacial score (nSPS) is 16.6. The van der Waals surface area contributed by atoms with Crippen LogP contribution in [0.15, 0.2) is 30.7 Å². The summed E-state index contributed by atoms with van der Waals surface area (Å²) in [5.41, 5.74) is 2.10. The van der Waals surface area contributed by atoms with Crippen molar-refractivity contribution in [2.24, 2.45) is 0 Å². The molecule has 1 amide bonds. The van der Waals surface area contributed by atoms with Crippen molar-refractivity contribution in [3.05, 3.63) is 47.5 Å². The van der Waals surface area contributed by atoms with Crippen LogP contribution in [0.5, 0.6) is 5.88 Å². The summed E-state index contributed by atoms with van der Waals surface area (Å²) in [6.07, 6.45) is 1.02. The van der Waals surface area contributed by atoms with Gasteiger partial charge in [0.2, 0.25) is 5.88 Å². The topological polar surface area (TPSA) is 91.2 Å². The molecule has 1 fully saturated rings. The molecule has 1 aliphatic rings. The second-order valence-corrected chi connectivity index (χ2v) is 7.32. The fraction of sp³-hybridized carbons (Fsp3) is 0.400. The fourth-order valence-corrected chi connectivity index (χ4v) is 3.35. The molecule has 0 spiro atoms. The Balaban J connectivity index is 1.50. The summed E-state index contributed by atoms with van der Waals surface area (Å²) < 4.78 is 48.7. The number of pyridine rings is 2. The zero-order valence-electron chi connectivity index (χ0n) is 16.6. The van der Waals surface area contributed by atoms with Crippen molar-refractivity contribution in [3.8, 4) is 5.88 Å². The van der Waals surface area contributed by atoms with E-state index < -0.39 is 12.8 Å². The van der Waals surface area contributed by atoms with E-state index in [9.17, 15) is 18.0 Å². The first-order valence-electron chi connectivity index (χ1n) is 9.64. The molecule has 1 saturated heterocycles. The van der Waals surface area contributed by atoms with Gasteiger partial charge in [-0.1, -0.05) is 0 Å². The monoisotopic (exact) mass is 435 g/mol. The van der Waals surface area contributed by atoms with Crippen LogP contribution in [0.1, 0.15) is 28.0 Å². The molecule has 0 bridgehead atoms. The summed E-state index contributed by atoms with van der Waals surface area (Å²) >= 11 is 0. The fourth-order valence-electron chi connectivity index (χ4n) is 3.35. The molecule has 0 unspecified atom stereocenters. The Bertz CT molecular complexity index is 1090. The Kier molecular flexibility index (Phi) is 5.77. The molecule has 31 heavy (non-hydrogen) atoms. The zero-order valence-corrected chi connectivity index (χ0v) is 16.6. The van der Waals surface area contributed by atoms with Crippen molar-refractivity contribution >= 4 is 16.8 Å². The average molecular weight is 435 g/mol. The lowest BCUT2D eigenvalue weighted by Gasteiger charge is -2.11. The molecular weight excluding hydrogens is 415 g/mol. The minimum Gasteiger partial charge on any atom is -0.468 e. The summed E-state index contributed by atoms with van der Waals surface area (Å²) in [6.45, 7) is 1.65. The highest BCUT2D eigenvalue weighted by atomic mass is 19.4. The third kappa shape index (κ3) is 5.10. The van der Waals surface area contributed by atoms with Crippen molar-refractivity contribution in [1.29, 1.82) is 0 Å². The Morgan fingerprint density at radius 3 is 2.94 bits per heavy atom. The van der Waals surface area contributed by atoms with Gasteiger partial charge in [-0.15, -0.1) is 0 Å². The molecular formula is C20H20F3N5O3. The number of rotatable bonds is 6. The molecule has 4 rings (SSSR count). The highest BCUT2D eigenvalue weighted by Gasteiger charge is 2.29. The van der Waals surface area contributed by atoms with E-state index in [2.05, 4.69) is 20.4 Å². The van der Waals surface area contributed by atoms with Gasteiger partial charge in [0.15, 0.2) is 6.61 Å². The van der Waals surface area contributed by atoms with Gasteiger partial charge in [0, 0.05) is 30.8 Å². The Morgan fingerprint density at radius 1 is 1.39 bits per heavy atom. The summed E-state index contributed by atoms with van der Waals surface area (Å²) in [6, 6.07) is 3.36. The van der Waals surface area contributed by atoms with Crippen molar-refractivity contribution in [2.75, 3.05) is 19.8 Å². The molecule has 0 saturated carbocycles. The second kappa shape index (κ2) is 8.50. The smallest absolute Gasteiger partial charge is 0.422 e. The van der Waals surface area contributed by atoms with Crippen LogP contribution in [0.25, 0.3) is 10.9 Å². The molecule has 8 nitrogen and oxygen atoms in total. The van der Waals surface area contributed by atoms with Crippen molar-refractivity contribution in [1.82, 2.24) is 25.1 Å². The number of halogens is 3. The van der Waals surface area contributed by atoms with E-state index in [0.29, 0.717) is 36.2 Å². The third-order valence-corrected chi connectivity index (χ3v) is 4.77. The van der Waals surface area contributed by atoms with Crippen LogP contribution in [0.4, 0.5) is 13.2 Å². The van der Waals surface area contributed by atoms with Gasteiger partial charge < -0.3 is 14.8 Å². The first kappa shape index (κ1) is 21.0. The molecule has 0 radical (unpaired) electrons. The van der Waals surface area contributed by atoms with E-state index in [0.717, 1.165) is 12.0 Å². The summed E-state index contributed by atoms with van der Waals surface area (Å²) in [5, 5.41) is 7.99. The van der Waals surface area contributed by atoms with E-state index in [-0.39, 0.29) is 23.5 Å². The quantitative estimate of drug-likeness (QED) is 0.640. The van der Waals surface area contributed by atoms with E-state index in [1.165, 1.54) is 12.4 Å². The average Bonchev–Trinajstić information content (AvgIpc) is 3.35. The SMILES string of the molecule is Cc1cc(Cn2cc3c(C(=O)N[C@H]4CCOC4)nccc3n2)cnc1OCC(F)(F)F. The summed E-state index contributed by atoms with van der Waals surface area (Å²) in [4.78, 5) is 20.8. The van der Waals surface area contributed by atoms with E-state index in [1.807, 2.05) is 0 Å². The third-order valence-electron chi connectivity index (χ3n) is 4.77. The summed E-state index contributed by atoms with van der Waals surface area (Å²) in [7, 11) is 0. The molecule has 1 aliphatic heterocycles. The van der Waals surface area contributed by atoms with Crippen LogP contribution in [-0.4, -0.2) is 57.7 Å². The molecule has 0 aliphatic carbocycles. The molecule has 0 aromatic carbocycles. The van der Waals surface area contributed by atoms with Crippen molar-refractivity contribution < 1.29 is 27.4 Å². The molecule has 11 heteroatoms. The van der Waals surface area contributed by atoms with Gasteiger partial charge in [-0.2, -0.15) is 18.3 Å². The number of nitrogens with zero attached hydrogens (tertiary/aromatic N) is 4. The number of aryl methyl sites for hydroxylation is 1. The Labute approximate surface area is 175 Å². The van der Waals surface area contributed by atoms with Crippen LogP contribution in [-0.2, 0) is 11.3 Å². The number of alkyl halides is 3. The molecule has 4 heterocycles. The van der Waals surface area contributed by atoms with E-state index >= 15 is 0 Å². The van der Waals surface area contributed by atoms with Crippen molar-refractivity contribution in [2.45, 2.75) is 32.1 Å². The molecule has 3 aromatic rings. The van der Waals surface area contributed by atoms with Gasteiger partial charge in [-0.25, -0.2) is 4.98 Å². The van der Waals surface area contributed by atoms with E-state index in [4.69, 9.17) is 9.47 Å². The maximum Gasteiger partial charge on any atom is 0.422 e. The lowest BCUT2D eigenvalue weighted by atomic mass is 10.2. The number of ether oxygens (including phenoxy) is 2. The van der Waals surface area contributed by atoms with Gasteiger partial charge in [-0.05, 0) is 31.0 Å². The first-order chi connectivity index (χ1) is 14.8. The van der Waals surface area contributed by atoms with Crippen LogP contribution in [0.3, 0.4) is 0 Å². The minimum atomic E-state index is -4.43. The summed E-state index contributed by atoms with van der Waals surface area (Å²) in [5.74, 6) is -0.352. The van der Waals surface area contributed by atoms with Crippen LogP contribution < -0.4 is 10.1 Å². The van der Waals surface area contributed by atoms with Gasteiger partial charge in [0.1, 0.15) is 5.69 Å². The van der Waals surface area contributed by atoms with Gasteiger partial charge in [-0.3, -0.25) is 14.5 Å². The largest absolute Gasteiger partial charge is 0.468 e. The Morgan fingerprint density at radius 2 is 2.23 bits per heavy atom. The number of hydrogen-bond donors (Lipinski definition) is 1. The number of fused-ring (bicyclic) bond motifs is 1. The van der Waals surface area contributed by atoms with Crippen LogP contribution >= 0.6 is 0 Å². The van der Waals surface area contributed by atoms with E-state index in [1.54, 1.807) is 29.9 Å². The van der Waals surface area contributed by atoms with Gasteiger partial charge in [0.25, 0.3) is 5.91 Å². The van der Waals surface area contributed by atoms with Gasteiger partial charge >= 0.3 is 6.18 Å². The van der Waals surface area contributed by atoms with Crippen LogP contribution in [0, 0.1) is 6.92 Å². The number of carbonyl (C=O) groups excluding carboxylic acids is 1. The number of amides is 1. The lowest BCUT2D eigenvalue weighted by molar-refractivity contribution is -0.154. The molecule has 1 N–H and O–H groups in total. The maximum absolute atomic E-state index is 12.6. The maximum atomic E-state index is 12.6. The first-order valence-corrected chi connectivity index (χ1v) is 9.64. The predicted molar refractivity (Wildman–Crippen MR) is 104 cm³/mol. The zero-order chi connectivity index (χ0) is 22.0. The lowest BCUT2D eigenvalue weighted by Crippen LogP contribution is -2.35. The highest BCUT2D eigenvalue weighted by Crippen LogP contribution is 2.22. The molecule has 1 atom stereocenters. The highest BCUT2D eigenvalue weighted by molar-refractivity contribution is 6.04.